The summed E-state index contributed by atoms with van der Waals surface area (Å²) in [6.45, 7) is 0. The van der Waals surface area contributed by atoms with E-state index in [-0.39, 0.29) is 32.3 Å². The smallest absolute Gasteiger partial charge is 0.347 e. The third kappa shape index (κ3) is 1.35. The van der Waals surface area contributed by atoms with Gasteiger partial charge in [0, 0.05) is 10.8 Å². The molecule has 3 aromatic heterocycles. The fraction of sp³-hybridized carbons (Fsp3) is 0. The maximum atomic E-state index is 12.4. The largest absolute Gasteiger partial charge is 0.386 e. The van der Waals surface area contributed by atoms with Gasteiger partial charge in [-0.05, 0) is 22.9 Å². The topological polar surface area (TPSA) is 94.6 Å². The highest BCUT2D eigenvalue weighted by atomic mass is 16.4. The summed E-state index contributed by atoms with van der Waals surface area (Å²) in [7, 11) is 0. The predicted octanol–water partition coefficient (Wildman–Crippen LogP) is 1.80. The Kier molecular flexibility index (Phi) is 2.19. The molecule has 114 valence electrons. The lowest BCUT2D eigenvalue weighted by atomic mass is 9.94. The first-order valence-electron chi connectivity index (χ1n) is 7.12. The Morgan fingerprint density at radius 3 is 1.29 bits per heavy atom. The van der Waals surface area contributed by atoms with Crippen LogP contribution < -0.4 is 22.5 Å². The van der Waals surface area contributed by atoms with Crippen molar-refractivity contribution in [3.63, 3.8) is 0 Å². The van der Waals surface area contributed by atoms with Gasteiger partial charge in [0.2, 0.25) is 0 Å². The zero-order valence-electron chi connectivity index (χ0n) is 11.9. The summed E-state index contributed by atoms with van der Waals surface area (Å²) in [6.07, 6.45) is 0. The number of fused-ring (bicyclic) bond motifs is 2. The van der Waals surface area contributed by atoms with Crippen LogP contribution in [-0.2, 0) is 0 Å². The second kappa shape index (κ2) is 4.05. The van der Waals surface area contributed by atoms with Gasteiger partial charge in [0.15, 0.2) is 0 Å². The van der Waals surface area contributed by atoms with Crippen molar-refractivity contribution in [2.45, 2.75) is 0 Å². The van der Waals surface area contributed by atoms with Crippen molar-refractivity contribution in [3.05, 3.63) is 78.1 Å². The number of furan rings is 1. The molecule has 0 aliphatic rings. The minimum absolute atomic E-state index is 0.0113. The molecule has 0 aliphatic heterocycles. The van der Waals surface area contributed by atoms with Crippen molar-refractivity contribution in [3.8, 4) is 0 Å². The maximum Gasteiger partial charge on any atom is 0.347 e. The van der Waals surface area contributed by atoms with Crippen molar-refractivity contribution < 1.29 is 8.83 Å². The summed E-state index contributed by atoms with van der Waals surface area (Å²) in [5.41, 5.74) is -3.39. The van der Waals surface area contributed by atoms with Crippen LogP contribution in [0.25, 0.3) is 43.1 Å². The lowest BCUT2D eigenvalue weighted by molar-refractivity contribution is 0.491. The SMILES string of the molecule is O=c1oc(=O)c2cccc3c4cccc1c4c1c(=O)oc(=O)c1c23. The highest BCUT2D eigenvalue weighted by molar-refractivity contribution is 6.31. The molecule has 0 fully saturated rings. The average molecular weight is 318 g/mol. The molecule has 3 heterocycles. The quantitative estimate of drug-likeness (QED) is 0.404. The molecule has 6 aromatic rings. The Hall–Kier alpha value is -3.54. The van der Waals surface area contributed by atoms with Crippen LogP contribution in [0.15, 0.2) is 64.4 Å². The second-order valence-electron chi connectivity index (χ2n) is 5.56. The summed E-state index contributed by atoms with van der Waals surface area (Å²) < 4.78 is 9.67. The zero-order chi connectivity index (χ0) is 16.6. The third-order valence-corrected chi connectivity index (χ3v) is 4.39. The molecular formula is C18H6O6. The van der Waals surface area contributed by atoms with Crippen molar-refractivity contribution in [1.29, 1.82) is 0 Å². The van der Waals surface area contributed by atoms with E-state index in [0.29, 0.717) is 10.8 Å². The van der Waals surface area contributed by atoms with E-state index in [1.165, 1.54) is 12.1 Å². The molecule has 6 nitrogen and oxygen atoms in total. The minimum atomic E-state index is -0.869. The number of hydrogen-bond acceptors (Lipinski definition) is 6. The Balaban J connectivity index is 2.55. The van der Waals surface area contributed by atoms with E-state index in [1.54, 1.807) is 24.3 Å². The highest BCUT2D eigenvalue weighted by Crippen LogP contribution is 2.35. The lowest BCUT2D eigenvalue weighted by Crippen LogP contribution is -2.06. The standard InChI is InChI=1S/C18H6O6/c19-15-9-5-1-3-7-8-4-2-6-10(16(20)23-15)12(8)14-13(11(7)9)17(21)24-18(14)22/h1-6H. The molecule has 0 amide bonds. The summed E-state index contributed by atoms with van der Waals surface area (Å²) in [5, 5.41) is 1.83. The first kappa shape index (κ1) is 13.0. The van der Waals surface area contributed by atoms with E-state index in [0.717, 1.165) is 0 Å². The van der Waals surface area contributed by atoms with Crippen LogP contribution in [0.2, 0.25) is 0 Å². The van der Waals surface area contributed by atoms with Gasteiger partial charge in [0.1, 0.15) is 0 Å². The van der Waals surface area contributed by atoms with Crippen molar-refractivity contribution in [2.75, 3.05) is 0 Å². The molecule has 0 saturated heterocycles. The fourth-order valence-corrected chi connectivity index (χ4v) is 3.47. The molecule has 0 N–H and O–H groups in total. The summed E-state index contributed by atoms with van der Waals surface area (Å²) in [4.78, 5) is 49.3. The molecule has 0 radical (unpaired) electrons. The van der Waals surface area contributed by atoms with Gasteiger partial charge in [-0.1, -0.05) is 24.3 Å². The Labute approximate surface area is 130 Å². The minimum Gasteiger partial charge on any atom is -0.386 e. The van der Waals surface area contributed by atoms with Gasteiger partial charge in [-0.2, -0.15) is 0 Å². The molecule has 3 aromatic carbocycles. The third-order valence-electron chi connectivity index (χ3n) is 4.39. The van der Waals surface area contributed by atoms with E-state index in [2.05, 4.69) is 0 Å². The molecule has 6 rings (SSSR count). The van der Waals surface area contributed by atoms with Crippen LogP contribution in [0.3, 0.4) is 0 Å². The predicted molar refractivity (Wildman–Crippen MR) is 88.5 cm³/mol. The van der Waals surface area contributed by atoms with Crippen LogP contribution in [0, 0.1) is 0 Å². The van der Waals surface area contributed by atoms with Gasteiger partial charge >= 0.3 is 22.5 Å². The summed E-state index contributed by atoms with van der Waals surface area (Å²) in [5.74, 6) is 0. The van der Waals surface area contributed by atoms with E-state index < -0.39 is 22.5 Å². The van der Waals surface area contributed by atoms with Crippen LogP contribution in [0.4, 0.5) is 0 Å². The van der Waals surface area contributed by atoms with Gasteiger partial charge in [-0.3, -0.25) is 0 Å². The highest BCUT2D eigenvalue weighted by Gasteiger charge is 2.22. The Morgan fingerprint density at radius 2 is 0.833 bits per heavy atom. The van der Waals surface area contributed by atoms with E-state index in [9.17, 15) is 19.2 Å². The normalized spacial score (nSPS) is 12.0. The first-order chi connectivity index (χ1) is 11.6. The number of rotatable bonds is 0. The van der Waals surface area contributed by atoms with Crippen LogP contribution in [0.5, 0.6) is 0 Å². The number of hydrogen-bond donors (Lipinski definition) is 0. The van der Waals surface area contributed by atoms with E-state index in [1.807, 2.05) is 0 Å². The Morgan fingerprint density at radius 1 is 0.458 bits per heavy atom. The molecular weight excluding hydrogens is 312 g/mol. The number of benzene rings is 3. The molecule has 0 atom stereocenters. The van der Waals surface area contributed by atoms with Gasteiger partial charge < -0.3 is 8.83 Å². The van der Waals surface area contributed by atoms with Crippen molar-refractivity contribution in [2.24, 2.45) is 0 Å². The Bertz CT molecular complexity index is 1410. The molecule has 6 heteroatoms. The van der Waals surface area contributed by atoms with Crippen LogP contribution in [0.1, 0.15) is 0 Å². The molecule has 0 spiro atoms. The second-order valence-corrected chi connectivity index (χ2v) is 5.56. The van der Waals surface area contributed by atoms with Gasteiger partial charge in [0.05, 0.1) is 21.5 Å². The van der Waals surface area contributed by atoms with Gasteiger partial charge in [-0.25, -0.2) is 19.2 Å². The van der Waals surface area contributed by atoms with Gasteiger partial charge in [-0.15, -0.1) is 0 Å². The van der Waals surface area contributed by atoms with Crippen LogP contribution >= 0.6 is 0 Å². The molecule has 0 unspecified atom stereocenters. The first-order valence-corrected chi connectivity index (χ1v) is 7.12. The lowest BCUT2D eigenvalue weighted by Gasteiger charge is -2.05. The molecule has 0 aliphatic carbocycles. The molecule has 6 bridgehead atoms. The van der Waals surface area contributed by atoms with E-state index in [4.69, 9.17) is 8.83 Å². The van der Waals surface area contributed by atoms with Gasteiger partial charge in [0.25, 0.3) is 0 Å². The zero-order valence-corrected chi connectivity index (χ0v) is 11.9. The van der Waals surface area contributed by atoms with Crippen LogP contribution in [-0.4, -0.2) is 0 Å². The van der Waals surface area contributed by atoms with E-state index >= 15 is 0 Å². The van der Waals surface area contributed by atoms with Crippen molar-refractivity contribution >= 4 is 43.1 Å². The average Bonchev–Trinajstić information content (AvgIpc) is 2.89. The molecule has 24 heavy (non-hydrogen) atoms. The maximum absolute atomic E-state index is 12.4. The van der Waals surface area contributed by atoms with Crippen molar-refractivity contribution in [1.82, 2.24) is 0 Å². The summed E-state index contributed by atoms with van der Waals surface area (Å²) >= 11 is 0. The summed E-state index contributed by atoms with van der Waals surface area (Å²) in [6, 6.07) is 9.63. The molecule has 0 saturated carbocycles. The monoisotopic (exact) mass is 318 g/mol. The fourth-order valence-electron chi connectivity index (χ4n) is 3.47.